The fourth-order valence-corrected chi connectivity index (χ4v) is 3.36. The number of hydrogen-bond acceptors (Lipinski definition) is 2. The molecule has 0 bridgehead atoms. The molecule has 0 saturated carbocycles. The topological polar surface area (TPSA) is 26.3 Å². The summed E-state index contributed by atoms with van der Waals surface area (Å²) in [6.07, 6.45) is 0.192. The van der Waals surface area contributed by atoms with Gasteiger partial charge in [0.2, 0.25) is 0 Å². The SMILES string of the molecule is CC(C)C(=O)OC1c2c(Cl)cccc2Cc2cccc(Cl)c21. The first-order valence-electron chi connectivity index (χ1n) is 7.24. The monoisotopic (exact) mass is 334 g/mol. The van der Waals surface area contributed by atoms with Gasteiger partial charge in [0, 0.05) is 21.2 Å². The maximum atomic E-state index is 12.1. The zero-order valence-electron chi connectivity index (χ0n) is 12.4. The van der Waals surface area contributed by atoms with Gasteiger partial charge in [-0.3, -0.25) is 4.79 Å². The average molecular weight is 335 g/mol. The Morgan fingerprint density at radius 2 is 1.55 bits per heavy atom. The largest absolute Gasteiger partial charge is 0.452 e. The predicted molar refractivity (Wildman–Crippen MR) is 88.5 cm³/mol. The minimum atomic E-state index is -0.545. The lowest BCUT2D eigenvalue weighted by molar-refractivity contribution is -0.151. The van der Waals surface area contributed by atoms with Crippen LogP contribution < -0.4 is 0 Å². The molecule has 0 atom stereocenters. The first kappa shape index (κ1) is 15.4. The lowest BCUT2D eigenvalue weighted by atomic mass is 9.83. The van der Waals surface area contributed by atoms with Gasteiger partial charge in [0.05, 0.1) is 5.92 Å². The summed E-state index contributed by atoms with van der Waals surface area (Å²) in [6, 6.07) is 11.5. The number of benzene rings is 2. The Hall–Kier alpha value is -1.51. The minimum Gasteiger partial charge on any atom is -0.452 e. The van der Waals surface area contributed by atoms with Crippen LogP contribution in [0.2, 0.25) is 10.0 Å². The van der Waals surface area contributed by atoms with Gasteiger partial charge in [0.15, 0.2) is 6.10 Å². The predicted octanol–water partition coefficient (Wildman–Crippen LogP) is 5.19. The van der Waals surface area contributed by atoms with E-state index in [9.17, 15) is 4.79 Å². The van der Waals surface area contributed by atoms with Gasteiger partial charge in [-0.1, -0.05) is 61.3 Å². The van der Waals surface area contributed by atoms with Crippen molar-refractivity contribution in [2.45, 2.75) is 26.4 Å². The fourth-order valence-electron chi connectivity index (χ4n) is 2.78. The highest BCUT2D eigenvalue weighted by Crippen LogP contribution is 2.44. The molecule has 0 heterocycles. The normalized spacial score (nSPS) is 13.7. The van der Waals surface area contributed by atoms with Crippen LogP contribution in [0.4, 0.5) is 0 Å². The first-order valence-corrected chi connectivity index (χ1v) is 7.99. The molecule has 22 heavy (non-hydrogen) atoms. The molecule has 0 spiro atoms. The zero-order valence-corrected chi connectivity index (χ0v) is 13.9. The molecule has 2 aromatic rings. The standard InChI is InChI=1S/C18H16Cl2O2/c1-10(2)18(21)22-17-15-11(5-3-7-13(15)19)9-12-6-4-8-14(20)16(12)17/h3-8,10,17H,9H2,1-2H3. The Balaban J connectivity index is 2.16. The summed E-state index contributed by atoms with van der Waals surface area (Å²) >= 11 is 12.8. The molecule has 0 aromatic heterocycles. The van der Waals surface area contributed by atoms with E-state index in [1.807, 2.05) is 50.2 Å². The van der Waals surface area contributed by atoms with Gasteiger partial charge in [-0.2, -0.15) is 0 Å². The van der Waals surface area contributed by atoms with Crippen molar-refractivity contribution in [3.63, 3.8) is 0 Å². The number of ether oxygens (including phenoxy) is 1. The molecule has 1 aliphatic rings. The van der Waals surface area contributed by atoms with Crippen LogP contribution in [0.15, 0.2) is 36.4 Å². The number of rotatable bonds is 2. The Bertz CT molecular complexity index is 686. The zero-order chi connectivity index (χ0) is 15.9. The van der Waals surface area contributed by atoms with Crippen molar-refractivity contribution in [2.75, 3.05) is 0 Å². The fraction of sp³-hybridized carbons (Fsp3) is 0.278. The lowest BCUT2D eigenvalue weighted by Gasteiger charge is -2.30. The van der Waals surface area contributed by atoms with Gasteiger partial charge in [0.25, 0.3) is 0 Å². The van der Waals surface area contributed by atoms with Crippen LogP contribution in [0, 0.1) is 5.92 Å². The first-order chi connectivity index (χ1) is 10.5. The van der Waals surface area contributed by atoms with Crippen molar-refractivity contribution in [1.82, 2.24) is 0 Å². The molecular formula is C18H16Cl2O2. The molecule has 0 fully saturated rings. The van der Waals surface area contributed by atoms with Gasteiger partial charge in [-0.15, -0.1) is 0 Å². The van der Waals surface area contributed by atoms with Crippen LogP contribution in [0.25, 0.3) is 0 Å². The molecule has 4 heteroatoms. The van der Waals surface area contributed by atoms with E-state index in [4.69, 9.17) is 27.9 Å². The van der Waals surface area contributed by atoms with Gasteiger partial charge >= 0.3 is 5.97 Å². The maximum Gasteiger partial charge on any atom is 0.309 e. The quantitative estimate of drug-likeness (QED) is 0.706. The molecule has 3 rings (SSSR count). The van der Waals surface area contributed by atoms with Crippen molar-refractivity contribution >= 4 is 29.2 Å². The van der Waals surface area contributed by atoms with Crippen LogP contribution in [0.5, 0.6) is 0 Å². The van der Waals surface area contributed by atoms with Crippen molar-refractivity contribution in [3.05, 3.63) is 68.7 Å². The summed E-state index contributed by atoms with van der Waals surface area (Å²) in [7, 11) is 0. The highest BCUT2D eigenvalue weighted by molar-refractivity contribution is 6.32. The molecule has 0 radical (unpaired) electrons. The summed E-state index contributed by atoms with van der Waals surface area (Å²) in [5, 5.41) is 1.20. The molecule has 2 aromatic carbocycles. The highest BCUT2D eigenvalue weighted by atomic mass is 35.5. The highest BCUT2D eigenvalue weighted by Gasteiger charge is 2.32. The van der Waals surface area contributed by atoms with E-state index in [2.05, 4.69) is 0 Å². The van der Waals surface area contributed by atoms with Gasteiger partial charge < -0.3 is 4.74 Å². The van der Waals surface area contributed by atoms with E-state index in [0.29, 0.717) is 10.0 Å². The summed E-state index contributed by atoms with van der Waals surface area (Å²) in [4.78, 5) is 12.1. The van der Waals surface area contributed by atoms with Crippen molar-refractivity contribution in [3.8, 4) is 0 Å². The molecule has 0 unspecified atom stereocenters. The van der Waals surface area contributed by atoms with Crippen LogP contribution in [0.1, 0.15) is 42.2 Å². The lowest BCUT2D eigenvalue weighted by Crippen LogP contribution is -2.22. The third-order valence-corrected chi connectivity index (χ3v) is 4.56. The second-order valence-electron chi connectivity index (χ2n) is 5.77. The second-order valence-corrected chi connectivity index (χ2v) is 6.59. The van der Waals surface area contributed by atoms with Crippen molar-refractivity contribution in [2.24, 2.45) is 5.92 Å². The molecule has 114 valence electrons. The summed E-state index contributed by atoms with van der Waals surface area (Å²) < 4.78 is 5.76. The number of carbonyl (C=O) groups is 1. The smallest absolute Gasteiger partial charge is 0.309 e. The second kappa shape index (κ2) is 5.94. The minimum absolute atomic E-state index is 0.209. The number of fused-ring (bicyclic) bond motifs is 2. The molecule has 1 aliphatic carbocycles. The Labute approximate surface area is 140 Å². The molecule has 0 amide bonds. The van der Waals surface area contributed by atoms with E-state index in [1.165, 1.54) is 0 Å². The van der Waals surface area contributed by atoms with Gasteiger partial charge in [-0.05, 0) is 29.7 Å². The summed E-state index contributed by atoms with van der Waals surface area (Å²) in [5.41, 5.74) is 3.84. The molecule has 0 N–H and O–H groups in total. The third-order valence-electron chi connectivity index (χ3n) is 3.90. The van der Waals surface area contributed by atoms with Crippen molar-refractivity contribution in [1.29, 1.82) is 0 Å². The number of halogens is 2. The Morgan fingerprint density at radius 3 is 2.00 bits per heavy atom. The molecule has 2 nitrogen and oxygen atoms in total. The van der Waals surface area contributed by atoms with Gasteiger partial charge in [0.1, 0.15) is 0 Å². The molecule has 0 saturated heterocycles. The average Bonchev–Trinajstić information content (AvgIpc) is 2.46. The van der Waals surface area contributed by atoms with Crippen LogP contribution >= 0.6 is 23.2 Å². The van der Waals surface area contributed by atoms with Gasteiger partial charge in [-0.25, -0.2) is 0 Å². The number of esters is 1. The molecule has 0 aliphatic heterocycles. The van der Waals surface area contributed by atoms with E-state index >= 15 is 0 Å². The van der Waals surface area contributed by atoms with E-state index in [1.54, 1.807) is 0 Å². The van der Waals surface area contributed by atoms with E-state index in [0.717, 1.165) is 28.7 Å². The number of hydrogen-bond donors (Lipinski definition) is 0. The van der Waals surface area contributed by atoms with Crippen molar-refractivity contribution < 1.29 is 9.53 Å². The Morgan fingerprint density at radius 1 is 1.05 bits per heavy atom. The van der Waals surface area contributed by atoms with E-state index < -0.39 is 6.10 Å². The summed E-state index contributed by atoms with van der Waals surface area (Å²) in [6.45, 7) is 3.62. The van der Waals surface area contributed by atoms with Crippen LogP contribution in [0.3, 0.4) is 0 Å². The van der Waals surface area contributed by atoms with Crippen LogP contribution in [-0.2, 0) is 16.0 Å². The van der Waals surface area contributed by atoms with E-state index in [-0.39, 0.29) is 11.9 Å². The maximum absolute atomic E-state index is 12.1. The molecular weight excluding hydrogens is 319 g/mol. The number of carbonyl (C=O) groups excluding carboxylic acids is 1. The van der Waals surface area contributed by atoms with Crippen LogP contribution in [-0.4, -0.2) is 5.97 Å². The third kappa shape index (κ3) is 2.62. The summed E-state index contributed by atoms with van der Waals surface area (Å²) in [5.74, 6) is -0.470. The Kier molecular flexibility index (Phi) is 4.16.